The van der Waals surface area contributed by atoms with Crippen LogP contribution in [0.5, 0.6) is 5.75 Å². The first kappa shape index (κ1) is 19.2. The van der Waals surface area contributed by atoms with Gasteiger partial charge in [0.25, 0.3) is 5.69 Å². The lowest BCUT2D eigenvalue weighted by Gasteiger charge is -2.18. The molecule has 0 aliphatic carbocycles. The van der Waals surface area contributed by atoms with Crippen molar-refractivity contribution in [2.75, 3.05) is 7.05 Å². The van der Waals surface area contributed by atoms with Gasteiger partial charge in [-0.3, -0.25) is 14.9 Å². The second-order valence-electron chi connectivity index (χ2n) is 5.50. The smallest absolute Gasteiger partial charge is 0.406 e. The highest BCUT2D eigenvalue weighted by Crippen LogP contribution is 2.23. The summed E-state index contributed by atoms with van der Waals surface area (Å²) >= 11 is 0. The van der Waals surface area contributed by atoms with E-state index in [1.807, 2.05) is 0 Å². The highest BCUT2D eigenvalue weighted by atomic mass is 19.4. The average molecular weight is 368 g/mol. The number of para-hydroxylation sites is 1. The number of halogens is 3. The third-order valence-corrected chi connectivity index (χ3v) is 3.53. The van der Waals surface area contributed by atoms with E-state index < -0.39 is 11.3 Å². The van der Waals surface area contributed by atoms with Crippen LogP contribution in [-0.2, 0) is 17.8 Å². The molecule has 0 aromatic heterocycles. The lowest BCUT2D eigenvalue weighted by atomic mass is 10.1. The number of nitrogens with zero attached hydrogens (tertiary/aromatic N) is 2. The van der Waals surface area contributed by atoms with Gasteiger partial charge >= 0.3 is 6.36 Å². The third-order valence-electron chi connectivity index (χ3n) is 3.53. The number of alkyl halides is 3. The van der Waals surface area contributed by atoms with Crippen molar-refractivity contribution in [2.45, 2.75) is 19.3 Å². The van der Waals surface area contributed by atoms with Crippen LogP contribution in [0, 0.1) is 10.1 Å². The van der Waals surface area contributed by atoms with E-state index in [-0.39, 0.29) is 30.3 Å². The molecule has 0 saturated heterocycles. The molecule has 26 heavy (non-hydrogen) atoms. The predicted molar refractivity (Wildman–Crippen MR) is 86.4 cm³/mol. The Morgan fingerprint density at radius 1 is 1.15 bits per heavy atom. The molecule has 138 valence electrons. The Kier molecular flexibility index (Phi) is 5.81. The molecular formula is C17H15F3N2O4. The van der Waals surface area contributed by atoms with E-state index in [1.165, 1.54) is 42.3 Å². The SMILES string of the molecule is CN(Cc1ccc(OC(F)(F)F)cc1)C(=O)Cc1ccccc1[N+](=O)[O-]. The van der Waals surface area contributed by atoms with Crippen LogP contribution in [0.4, 0.5) is 18.9 Å². The number of ether oxygens (including phenoxy) is 1. The van der Waals surface area contributed by atoms with Crippen molar-refractivity contribution in [3.05, 3.63) is 69.8 Å². The lowest BCUT2D eigenvalue weighted by molar-refractivity contribution is -0.385. The Morgan fingerprint density at radius 2 is 1.77 bits per heavy atom. The Labute approximate surface area is 146 Å². The van der Waals surface area contributed by atoms with Crippen molar-refractivity contribution in [3.8, 4) is 5.75 Å². The van der Waals surface area contributed by atoms with E-state index in [1.54, 1.807) is 6.07 Å². The summed E-state index contributed by atoms with van der Waals surface area (Å²) in [7, 11) is 1.51. The van der Waals surface area contributed by atoms with Crippen molar-refractivity contribution in [2.24, 2.45) is 0 Å². The molecule has 2 aromatic rings. The van der Waals surface area contributed by atoms with Crippen LogP contribution < -0.4 is 4.74 Å². The van der Waals surface area contributed by atoms with E-state index >= 15 is 0 Å². The maximum Gasteiger partial charge on any atom is 0.573 e. The molecule has 0 unspecified atom stereocenters. The summed E-state index contributed by atoms with van der Waals surface area (Å²) in [6.45, 7) is 0.145. The Bertz CT molecular complexity index is 791. The largest absolute Gasteiger partial charge is 0.573 e. The van der Waals surface area contributed by atoms with Gasteiger partial charge < -0.3 is 9.64 Å². The highest BCUT2D eigenvalue weighted by Gasteiger charge is 2.31. The zero-order chi connectivity index (χ0) is 19.3. The summed E-state index contributed by atoms with van der Waals surface area (Å²) in [4.78, 5) is 24.0. The lowest BCUT2D eigenvalue weighted by Crippen LogP contribution is -2.28. The fourth-order valence-corrected chi connectivity index (χ4v) is 2.29. The molecule has 0 N–H and O–H groups in total. The van der Waals surface area contributed by atoms with Gasteiger partial charge in [-0.2, -0.15) is 0 Å². The molecule has 0 radical (unpaired) electrons. The fourth-order valence-electron chi connectivity index (χ4n) is 2.29. The summed E-state index contributed by atoms with van der Waals surface area (Å²) in [5.41, 5.74) is 0.754. The van der Waals surface area contributed by atoms with Gasteiger partial charge in [0.1, 0.15) is 5.75 Å². The first-order chi connectivity index (χ1) is 12.2. The molecule has 0 bridgehead atoms. The van der Waals surface area contributed by atoms with Gasteiger partial charge in [0.2, 0.25) is 5.91 Å². The van der Waals surface area contributed by atoms with Gasteiger partial charge in [-0.15, -0.1) is 13.2 Å². The van der Waals surface area contributed by atoms with Crippen LogP contribution in [0.1, 0.15) is 11.1 Å². The van der Waals surface area contributed by atoms with Gasteiger partial charge in [-0.25, -0.2) is 0 Å². The summed E-state index contributed by atoms with van der Waals surface area (Å²) in [5.74, 6) is -0.704. The van der Waals surface area contributed by atoms with Crippen molar-refractivity contribution in [1.29, 1.82) is 0 Å². The van der Waals surface area contributed by atoms with Crippen LogP contribution in [0.15, 0.2) is 48.5 Å². The second-order valence-corrected chi connectivity index (χ2v) is 5.50. The molecule has 2 rings (SSSR count). The number of amides is 1. The third kappa shape index (κ3) is 5.47. The normalized spacial score (nSPS) is 11.1. The van der Waals surface area contributed by atoms with E-state index in [4.69, 9.17) is 0 Å². The minimum atomic E-state index is -4.77. The van der Waals surface area contributed by atoms with Gasteiger partial charge in [0, 0.05) is 25.2 Å². The Morgan fingerprint density at radius 3 is 2.35 bits per heavy atom. The maximum absolute atomic E-state index is 12.3. The Balaban J connectivity index is 2.00. The van der Waals surface area contributed by atoms with E-state index in [2.05, 4.69) is 4.74 Å². The zero-order valence-corrected chi connectivity index (χ0v) is 13.7. The van der Waals surface area contributed by atoms with Crippen molar-refractivity contribution in [3.63, 3.8) is 0 Å². The summed E-state index contributed by atoms with van der Waals surface area (Å²) in [6.07, 6.45) is -4.92. The number of nitro groups is 1. The molecule has 0 atom stereocenters. The molecule has 0 aliphatic heterocycles. The topological polar surface area (TPSA) is 72.7 Å². The number of hydrogen-bond acceptors (Lipinski definition) is 4. The molecule has 0 saturated carbocycles. The number of benzene rings is 2. The van der Waals surface area contributed by atoms with E-state index in [0.29, 0.717) is 11.1 Å². The van der Waals surface area contributed by atoms with Crippen LogP contribution in [0.2, 0.25) is 0 Å². The fraction of sp³-hybridized carbons (Fsp3) is 0.235. The molecule has 0 heterocycles. The molecular weight excluding hydrogens is 353 g/mol. The van der Waals surface area contributed by atoms with Crippen molar-refractivity contribution < 1.29 is 27.6 Å². The molecule has 6 nitrogen and oxygen atoms in total. The van der Waals surface area contributed by atoms with Crippen LogP contribution >= 0.6 is 0 Å². The van der Waals surface area contributed by atoms with Crippen molar-refractivity contribution >= 4 is 11.6 Å². The Hall–Kier alpha value is -3.10. The predicted octanol–water partition coefficient (Wildman–Crippen LogP) is 3.69. The first-order valence-electron chi connectivity index (χ1n) is 7.46. The second kappa shape index (κ2) is 7.85. The standard InChI is InChI=1S/C17H15F3N2O4/c1-21(11-12-6-8-14(9-7-12)26-17(18,19)20)16(23)10-13-4-2-3-5-15(13)22(24)25/h2-9H,10-11H2,1H3. The molecule has 2 aromatic carbocycles. The number of nitro benzene ring substituents is 1. The number of carbonyl (C=O) groups excluding carboxylic acids is 1. The number of rotatable bonds is 6. The maximum atomic E-state index is 12.3. The highest BCUT2D eigenvalue weighted by molar-refractivity contribution is 5.79. The van der Waals surface area contributed by atoms with Crippen LogP contribution in [-0.4, -0.2) is 29.1 Å². The van der Waals surface area contributed by atoms with Gasteiger partial charge in [0.15, 0.2) is 0 Å². The zero-order valence-electron chi connectivity index (χ0n) is 13.7. The van der Waals surface area contributed by atoms with E-state index in [0.717, 1.165) is 12.1 Å². The minimum absolute atomic E-state index is 0.136. The summed E-state index contributed by atoms with van der Waals surface area (Å²) in [5, 5.41) is 11.0. The van der Waals surface area contributed by atoms with Gasteiger partial charge in [-0.1, -0.05) is 30.3 Å². The minimum Gasteiger partial charge on any atom is -0.406 e. The summed E-state index contributed by atoms with van der Waals surface area (Å²) < 4.78 is 40.2. The average Bonchev–Trinajstić information content (AvgIpc) is 2.55. The first-order valence-corrected chi connectivity index (χ1v) is 7.46. The molecule has 0 aliphatic rings. The summed E-state index contributed by atoms with van der Waals surface area (Å²) in [6, 6.07) is 11.1. The van der Waals surface area contributed by atoms with Crippen LogP contribution in [0.25, 0.3) is 0 Å². The quantitative estimate of drug-likeness (QED) is 0.576. The molecule has 9 heteroatoms. The van der Waals surface area contributed by atoms with Crippen LogP contribution in [0.3, 0.4) is 0 Å². The molecule has 0 spiro atoms. The molecule has 0 fully saturated rings. The van der Waals surface area contributed by atoms with Gasteiger partial charge in [0.05, 0.1) is 11.3 Å². The van der Waals surface area contributed by atoms with E-state index in [9.17, 15) is 28.1 Å². The monoisotopic (exact) mass is 368 g/mol. The number of carbonyl (C=O) groups is 1. The van der Waals surface area contributed by atoms with Gasteiger partial charge in [-0.05, 0) is 17.7 Å². The number of hydrogen-bond donors (Lipinski definition) is 0. The van der Waals surface area contributed by atoms with Crippen molar-refractivity contribution in [1.82, 2.24) is 4.90 Å². The molecule has 1 amide bonds. The number of likely N-dealkylation sites (N-methyl/N-ethyl adjacent to an activating group) is 1.